The van der Waals surface area contributed by atoms with Crippen LogP contribution in [0.4, 0.5) is 5.69 Å². The van der Waals surface area contributed by atoms with Crippen molar-refractivity contribution < 1.29 is 0 Å². The van der Waals surface area contributed by atoms with Crippen LogP contribution in [0.2, 0.25) is 0 Å². The van der Waals surface area contributed by atoms with Gasteiger partial charge in [-0.2, -0.15) is 0 Å². The van der Waals surface area contributed by atoms with E-state index < -0.39 is 0 Å². The van der Waals surface area contributed by atoms with Gasteiger partial charge in [0.05, 0.1) is 5.69 Å². The Morgan fingerprint density at radius 1 is 1.30 bits per heavy atom. The molecule has 1 fully saturated rings. The molecule has 3 rings (SSSR count). The summed E-state index contributed by atoms with van der Waals surface area (Å²) in [6.07, 6.45) is 4.54. The Balaban J connectivity index is 1.71. The molecular weight excluding hydrogens is 252 g/mol. The fourth-order valence-corrected chi connectivity index (χ4v) is 2.78. The van der Waals surface area contributed by atoms with E-state index in [0.29, 0.717) is 12.1 Å². The van der Waals surface area contributed by atoms with Crippen molar-refractivity contribution in [1.82, 2.24) is 14.5 Å². The van der Waals surface area contributed by atoms with E-state index in [1.165, 1.54) is 0 Å². The number of aromatic nitrogens is 2. The molecule has 5 nitrogen and oxygen atoms in total. The average Bonchev–Trinajstić information content (AvgIpc) is 2.98. The van der Waals surface area contributed by atoms with Crippen LogP contribution in [0.1, 0.15) is 13.3 Å². The molecular formula is C15H20N4O. The molecule has 20 heavy (non-hydrogen) atoms. The summed E-state index contributed by atoms with van der Waals surface area (Å²) in [7, 11) is 2.16. The highest BCUT2D eigenvalue weighted by atomic mass is 16.1. The van der Waals surface area contributed by atoms with Gasteiger partial charge in [0, 0.05) is 36.7 Å². The maximum atomic E-state index is 11.5. The highest BCUT2D eigenvalue weighted by Gasteiger charge is 2.25. The minimum Gasteiger partial charge on any atom is -0.381 e. The van der Waals surface area contributed by atoms with Gasteiger partial charge in [-0.3, -0.25) is 4.57 Å². The topological polar surface area (TPSA) is 53.1 Å². The van der Waals surface area contributed by atoms with E-state index in [-0.39, 0.29) is 5.69 Å². The van der Waals surface area contributed by atoms with Gasteiger partial charge in [-0.25, -0.2) is 4.79 Å². The Morgan fingerprint density at radius 2 is 2.05 bits per heavy atom. The minimum absolute atomic E-state index is 0.114. The van der Waals surface area contributed by atoms with Gasteiger partial charge in [-0.1, -0.05) is 0 Å². The lowest BCUT2D eigenvalue weighted by Gasteiger charge is -2.14. The van der Waals surface area contributed by atoms with E-state index in [2.05, 4.69) is 29.2 Å². The van der Waals surface area contributed by atoms with Gasteiger partial charge in [-0.15, -0.1) is 0 Å². The Labute approximate surface area is 118 Å². The maximum Gasteiger partial charge on any atom is 0.330 e. The van der Waals surface area contributed by atoms with Crippen molar-refractivity contribution in [3.63, 3.8) is 0 Å². The molecule has 2 N–H and O–H groups in total. The number of hydrogen-bond acceptors (Lipinski definition) is 3. The standard InChI is InChI=1S/C15H20N4O/c1-11-9-13(10-18(11)2)17-12-3-5-14(6-4-12)19-8-7-16-15(19)20/h3-8,11,13,17H,9-10H2,1-2H3,(H,16,20). The van der Waals surface area contributed by atoms with Gasteiger partial charge in [-0.05, 0) is 44.7 Å². The summed E-state index contributed by atoms with van der Waals surface area (Å²) in [6, 6.07) is 9.09. The van der Waals surface area contributed by atoms with Gasteiger partial charge >= 0.3 is 5.69 Å². The van der Waals surface area contributed by atoms with Crippen LogP contribution in [0, 0.1) is 0 Å². The zero-order valence-corrected chi connectivity index (χ0v) is 11.8. The molecule has 1 aromatic heterocycles. The fraction of sp³-hybridized carbons (Fsp3) is 0.400. The normalized spacial score (nSPS) is 23.1. The van der Waals surface area contributed by atoms with Crippen LogP contribution < -0.4 is 11.0 Å². The van der Waals surface area contributed by atoms with Crippen molar-refractivity contribution in [1.29, 1.82) is 0 Å². The van der Waals surface area contributed by atoms with Crippen molar-refractivity contribution in [2.45, 2.75) is 25.4 Å². The summed E-state index contributed by atoms with van der Waals surface area (Å²) in [6.45, 7) is 3.32. The number of nitrogens with one attached hydrogen (secondary N) is 2. The van der Waals surface area contributed by atoms with E-state index in [4.69, 9.17) is 0 Å². The number of hydrogen-bond donors (Lipinski definition) is 2. The highest BCUT2D eigenvalue weighted by Crippen LogP contribution is 2.20. The first-order valence-electron chi connectivity index (χ1n) is 6.97. The van der Waals surface area contributed by atoms with E-state index in [0.717, 1.165) is 24.3 Å². The second-order valence-electron chi connectivity index (χ2n) is 5.55. The molecule has 106 valence electrons. The predicted octanol–water partition coefficient (Wildman–Crippen LogP) is 1.67. The first-order chi connectivity index (χ1) is 9.63. The smallest absolute Gasteiger partial charge is 0.330 e. The summed E-state index contributed by atoms with van der Waals surface area (Å²) < 4.78 is 1.59. The number of H-pyrrole nitrogens is 1. The Morgan fingerprint density at radius 3 is 2.60 bits per heavy atom. The number of aromatic amines is 1. The molecule has 0 bridgehead atoms. The second-order valence-corrected chi connectivity index (χ2v) is 5.55. The molecule has 1 saturated heterocycles. The molecule has 2 heterocycles. The van der Waals surface area contributed by atoms with Crippen molar-refractivity contribution in [2.75, 3.05) is 18.9 Å². The van der Waals surface area contributed by atoms with Crippen LogP contribution in [0.5, 0.6) is 0 Å². The van der Waals surface area contributed by atoms with Crippen molar-refractivity contribution >= 4 is 5.69 Å². The Hall–Kier alpha value is -2.01. The zero-order chi connectivity index (χ0) is 14.1. The van der Waals surface area contributed by atoms with Gasteiger partial charge in [0.2, 0.25) is 0 Å². The molecule has 0 spiro atoms. The third kappa shape index (κ3) is 2.49. The van der Waals surface area contributed by atoms with Crippen LogP contribution in [0.15, 0.2) is 41.5 Å². The fourth-order valence-electron chi connectivity index (χ4n) is 2.78. The molecule has 0 saturated carbocycles. The van der Waals surface area contributed by atoms with Crippen LogP contribution in [-0.4, -0.2) is 40.1 Å². The van der Waals surface area contributed by atoms with Gasteiger partial charge in [0.25, 0.3) is 0 Å². The molecule has 0 aliphatic carbocycles. The number of rotatable bonds is 3. The summed E-state index contributed by atoms with van der Waals surface area (Å²) in [5, 5.41) is 3.55. The number of imidazole rings is 1. The molecule has 0 amide bonds. The molecule has 5 heteroatoms. The molecule has 2 aromatic rings. The Bertz CT molecular complexity index is 618. The summed E-state index contributed by atoms with van der Waals surface area (Å²) in [4.78, 5) is 16.5. The lowest BCUT2D eigenvalue weighted by molar-refractivity contribution is 0.330. The SMILES string of the molecule is CC1CC(Nc2ccc(-n3cc[nH]c3=O)cc2)CN1C. The largest absolute Gasteiger partial charge is 0.381 e. The third-order valence-corrected chi connectivity index (χ3v) is 4.05. The number of likely N-dealkylation sites (N-methyl/N-ethyl adjacent to an activating group) is 1. The maximum absolute atomic E-state index is 11.5. The quantitative estimate of drug-likeness (QED) is 0.893. The molecule has 0 radical (unpaired) electrons. The summed E-state index contributed by atoms with van der Waals surface area (Å²) in [5.74, 6) is 0. The van der Waals surface area contributed by atoms with Crippen LogP contribution in [0.3, 0.4) is 0 Å². The van der Waals surface area contributed by atoms with Crippen molar-refractivity contribution in [3.05, 3.63) is 47.1 Å². The van der Waals surface area contributed by atoms with E-state index in [1.807, 2.05) is 24.3 Å². The molecule has 2 atom stereocenters. The molecule has 1 aromatic carbocycles. The molecule has 1 aliphatic heterocycles. The van der Waals surface area contributed by atoms with Gasteiger partial charge in [0.1, 0.15) is 0 Å². The lowest BCUT2D eigenvalue weighted by atomic mass is 10.2. The number of nitrogens with zero attached hydrogens (tertiary/aromatic N) is 2. The monoisotopic (exact) mass is 272 g/mol. The van der Waals surface area contributed by atoms with E-state index in [1.54, 1.807) is 17.0 Å². The summed E-state index contributed by atoms with van der Waals surface area (Å²) in [5.41, 5.74) is 1.86. The Kier molecular flexibility index (Phi) is 3.36. The lowest BCUT2D eigenvalue weighted by Crippen LogP contribution is -2.24. The van der Waals surface area contributed by atoms with Crippen LogP contribution in [0.25, 0.3) is 5.69 Å². The van der Waals surface area contributed by atoms with Crippen molar-refractivity contribution in [2.24, 2.45) is 0 Å². The first kappa shape index (κ1) is 13.0. The third-order valence-electron chi connectivity index (χ3n) is 4.05. The number of anilines is 1. The first-order valence-corrected chi connectivity index (χ1v) is 6.97. The van der Waals surface area contributed by atoms with Crippen LogP contribution >= 0.6 is 0 Å². The minimum atomic E-state index is -0.114. The molecule has 2 unspecified atom stereocenters. The van der Waals surface area contributed by atoms with Gasteiger partial charge < -0.3 is 15.2 Å². The number of likely N-dealkylation sites (tertiary alicyclic amines) is 1. The molecule has 1 aliphatic rings. The number of benzene rings is 1. The highest BCUT2D eigenvalue weighted by molar-refractivity contribution is 5.49. The van der Waals surface area contributed by atoms with E-state index in [9.17, 15) is 4.79 Å². The zero-order valence-electron chi connectivity index (χ0n) is 11.8. The van der Waals surface area contributed by atoms with Gasteiger partial charge in [0.15, 0.2) is 0 Å². The summed E-state index contributed by atoms with van der Waals surface area (Å²) >= 11 is 0. The van der Waals surface area contributed by atoms with Crippen molar-refractivity contribution in [3.8, 4) is 5.69 Å². The second kappa shape index (κ2) is 5.17. The average molecular weight is 272 g/mol. The van der Waals surface area contributed by atoms with E-state index >= 15 is 0 Å². The predicted molar refractivity (Wildman–Crippen MR) is 80.5 cm³/mol. The van der Waals surface area contributed by atoms with Crippen LogP contribution in [-0.2, 0) is 0 Å².